The number of hydrogen-bond donors (Lipinski definition) is 0. The Morgan fingerprint density at radius 2 is 2.00 bits per heavy atom. The molecular weight excluding hydrogens is 250 g/mol. The van der Waals surface area contributed by atoms with E-state index in [4.69, 9.17) is 11.3 Å². The van der Waals surface area contributed by atoms with Crippen molar-refractivity contribution in [3.05, 3.63) is 53.0 Å². The summed E-state index contributed by atoms with van der Waals surface area (Å²) in [7, 11) is 1.38. The predicted molar refractivity (Wildman–Crippen MR) is 65.5 cm³/mol. The van der Waals surface area contributed by atoms with Gasteiger partial charge in [0.15, 0.2) is 5.69 Å². The molecule has 0 amide bonds. The summed E-state index contributed by atoms with van der Waals surface area (Å²) in [6.45, 7) is 6.95. The quantitative estimate of drug-likeness (QED) is 0.728. The van der Waals surface area contributed by atoms with Crippen LogP contribution in [-0.4, -0.2) is 12.1 Å². The highest BCUT2D eigenvalue weighted by molar-refractivity contribution is 5.81. The van der Waals surface area contributed by atoms with Gasteiger partial charge < -0.3 is 4.74 Å². The molecule has 0 aliphatic heterocycles. The van der Waals surface area contributed by atoms with E-state index in [2.05, 4.69) is 9.83 Å². The van der Waals surface area contributed by atoms with Gasteiger partial charge in [-0.2, -0.15) is 8.78 Å². The zero-order valence-electron chi connectivity index (χ0n) is 9.95. The molecule has 1 aromatic carbocycles. The van der Waals surface area contributed by atoms with Gasteiger partial charge in [-0.15, -0.1) is 0 Å². The van der Waals surface area contributed by atoms with Crippen molar-refractivity contribution in [2.75, 3.05) is 7.11 Å². The molecule has 1 aromatic heterocycles. The lowest BCUT2D eigenvalue weighted by Gasteiger charge is -2.11. The van der Waals surface area contributed by atoms with Crippen LogP contribution in [0.4, 0.5) is 14.5 Å². The van der Waals surface area contributed by atoms with E-state index in [1.165, 1.54) is 31.4 Å². The highest BCUT2D eigenvalue weighted by atomic mass is 19.3. The smallest absolute Gasteiger partial charge is 0.316 e. The molecule has 0 atom stereocenters. The van der Waals surface area contributed by atoms with Crippen LogP contribution in [-0.2, 0) is 5.92 Å². The van der Waals surface area contributed by atoms with Crippen LogP contribution < -0.4 is 4.74 Å². The van der Waals surface area contributed by atoms with Crippen LogP contribution in [0.3, 0.4) is 0 Å². The van der Waals surface area contributed by atoms with E-state index in [1.54, 1.807) is 6.07 Å². The normalized spacial score (nSPS) is 14.4. The van der Waals surface area contributed by atoms with Crippen molar-refractivity contribution in [1.29, 1.82) is 0 Å². The van der Waals surface area contributed by atoms with Gasteiger partial charge in [0.1, 0.15) is 5.69 Å². The average molecular weight is 258 g/mol. The van der Waals surface area contributed by atoms with Crippen LogP contribution in [0.5, 0.6) is 5.88 Å². The minimum absolute atomic E-state index is 0.115. The zero-order chi connectivity index (χ0) is 13.6. The molecule has 2 aromatic rings. The summed E-state index contributed by atoms with van der Waals surface area (Å²) in [5.41, 5.74) is 0.618. The molecule has 1 heterocycles. The van der Waals surface area contributed by atoms with E-state index in [0.717, 1.165) is 0 Å². The Bertz CT molecular complexity index is 720. The second-order valence-corrected chi connectivity index (χ2v) is 4.17. The summed E-state index contributed by atoms with van der Waals surface area (Å²) in [6, 6.07) is 7.24. The van der Waals surface area contributed by atoms with E-state index in [0.29, 0.717) is 16.8 Å². The minimum atomic E-state index is -3.15. The van der Waals surface area contributed by atoms with E-state index in [1.807, 2.05) is 0 Å². The largest absolute Gasteiger partial charge is 0.481 e. The van der Waals surface area contributed by atoms with Crippen molar-refractivity contribution in [3.8, 4) is 17.0 Å². The Hall–Kier alpha value is -2.48. The van der Waals surface area contributed by atoms with Crippen molar-refractivity contribution in [2.45, 2.75) is 5.92 Å². The van der Waals surface area contributed by atoms with Crippen molar-refractivity contribution < 1.29 is 13.5 Å². The van der Waals surface area contributed by atoms with Gasteiger partial charge in [0.2, 0.25) is 5.88 Å². The van der Waals surface area contributed by atoms with Crippen LogP contribution >= 0.6 is 0 Å². The Morgan fingerprint density at radius 3 is 2.68 bits per heavy atom. The van der Waals surface area contributed by atoms with Gasteiger partial charge in [0, 0.05) is 17.2 Å². The monoisotopic (exact) mass is 258 g/mol. The summed E-state index contributed by atoms with van der Waals surface area (Å²) in [4.78, 5) is 7.11. The second kappa shape index (κ2) is 3.75. The first-order valence-electron chi connectivity index (χ1n) is 5.53. The number of halogens is 2. The third kappa shape index (κ3) is 1.50. The summed E-state index contributed by atoms with van der Waals surface area (Å²) >= 11 is 0. The fourth-order valence-electron chi connectivity index (χ4n) is 2.24. The van der Waals surface area contributed by atoms with E-state index >= 15 is 0 Å². The van der Waals surface area contributed by atoms with E-state index in [9.17, 15) is 8.78 Å². The minimum Gasteiger partial charge on any atom is -0.481 e. The maximum Gasteiger partial charge on any atom is 0.316 e. The number of alkyl halides is 2. The summed E-state index contributed by atoms with van der Waals surface area (Å²) < 4.78 is 33.5. The van der Waals surface area contributed by atoms with Gasteiger partial charge in [-0.1, -0.05) is 12.1 Å². The second-order valence-electron chi connectivity index (χ2n) is 4.17. The molecule has 0 saturated heterocycles. The Kier molecular flexibility index (Phi) is 2.29. The number of methoxy groups -OCH3 is 1. The molecule has 19 heavy (non-hydrogen) atoms. The van der Waals surface area contributed by atoms with E-state index < -0.39 is 5.92 Å². The lowest BCUT2D eigenvalue weighted by molar-refractivity contribution is 0.0428. The van der Waals surface area contributed by atoms with Crippen LogP contribution in [0.25, 0.3) is 16.0 Å². The molecule has 1 aliphatic rings. The maximum atomic E-state index is 14.3. The molecule has 0 bridgehead atoms. The molecule has 3 nitrogen and oxygen atoms in total. The average Bonchev–Trinajstić information content (AvgIpc) is 2.66. The number of aromatic nitrogens is 1. The van der Waals surface area contributed by atoms with Gasteiger partial charge in [-0.05, 0) is 17.7 Å². The Morgan fingerprint density at radius 1 is 1.21 bits per heavy atom. The molecule has 0 saturated carbocycles. The number of nitrogens with zero attached hydrogens (tertiary/aromatic N) is 2. The lowest BCUT2D eigenvalue weighted by atomic mass is 10.1. The van der Waals surface area contributed by atoms with Gasteiger partial charge in [-0.3, -0.25) is 0 Å². The zero-order valence-corrected chi connectivity index (χ0v) is 9.95. The Labute approximate surface area is 108 Å². The lowest BCUT2D eigenvalue weighted by Crippen LogP contribution is -2.13. The van der Waals surface area contributed by atoms with Gasteiger partial charge >= 0.3 is 5.92 Å². The first-order valence-corrected chi connectivity index (χ1v) is 5.53. The van der Waals surface area contributed by atoms with Crippen molar-refractivity contribution >= 4 is 5.69 Å². The summed E-state index contributed by atoms with van der Waals surface area (Å²) in [6.07, 6.45) is 0. The molecular formula is C14H8F2N2O. The molecule has 94 valence electrons. The molecule has 0 unspecified atom stereocenters. The highest BCUT2D eigenvalue weighted by Crippen LogP contribution is 2.51. The van der Waals surface area contributed by atoms with Crippen LogP contribution in [0.1, 0.15) is 11.3 Å². The molecule has 5 heteroatoms. The first kappa shape index (κ1) is 11.6. The number of rotatable bonds is 1. The summed E-state index contributed by atoms with van der Waals surface area (Å²) in [5.74, 6) is -3.00. The van der Waals surface area contributed by atoms with Crippen LogP contribution in [0.15, 0.2) is 30.3 Å². The maximum absolute atomic E-state index is 14.3. The number of ether oxygens (including phenoxy) is 1. The van der Waals surface area contributed by atoms with Crippen LogP contribution in [0, 0.1) is 6.57 Å². The Balaban J connectivity index is 2.31. The van der Waals surface area contributed by atoms with Gasteiger partial charge in [-0.25, -0.2) is 9.83 Å². The fourth-order valence-corrected chi connectivity index (χ4v) is 2.24. The topological polar surface area (TPSA) is 26.5 Å². The molecule has 3 rings (SSSR count). The standard InChI is InChI=1S/C14H8F2N2O/c1-17-8-3-5-11-10(7-8)9-4-6-12(19-2)18-13(9)14(11,15)16/h3-7H,2H3. The molecule has 0 spiro atoms. The number of fused-ring (bicyclic) bond motifs is 3. The van der Waals surface area contributed by atoms with Crippen molar-refractivity contribution in [1.82, 2.24) is 4.98 Å². The first-order chi connectivity index (χ1) is 9.07. The number of pyridine rings is 1. The van der Waals surface area contributed by atoms with Crippen LogP contribution in [0.2, 0.25) is 0 Å². The molecule has 0 fully saturated rings. The third-order valence-corrected chi connectivity index (χ3v) is 3.14. The predicted octanol–water partition coefficient (Wildman–Crippen LogP) is 3.76. The van der Waals surface area contributed by atoms with Gasteiger partial charge in [0.05, 0.1) is 13.7 Å². The van der Waals surface area contributed by atoms with Crippen molar-refractivity contribution in [3.63, 3.8) is 0 Å². The molecule has 0 radical (unpaired) electrons. The summed E-state index contributed by atoms with van der Waals surface area (Å²) in [5, 5.41) is 0. The SMILES string of the molecule is [C-]#[N+]c1ccc2c(c1)-c1ccc(OC)nc1C2(F)F. The van der Waals surface area contributed by atoms with Crippen molar-refractivity contribution in [2.24, 2.45) is 0 Å². The third-order valence-electron chi connectivity index (χ3n) is 3.14. The van der Waals surface area contributed by atoms with E-state index in [-0.39, 0.29) is 17.1 Å². The van der Waals surface area contributed by atoms with Gasteiger partial charge in [0.25, 0.3) is 0 Å². The number of benzene rings is 1. The fraction of sp³-hybridized carbons (Fsp3) is 0.143. The number of hydrogen-bond acceptors (Lipinski definition) is 2. The highest BCUT2D eigenvalue weighted by Gasteiger charge is 2.46. The molecule has 0 N–H and O–H groups in total. The molecule has 1 aliphatic carbocycles.